The fourth-order valence-electron chi connectivity index (χ4n) is 2.02. The van der Waals surface area contributed by atoms with Crippen LogP contribution in [0.15, 0.2) is 8.68 Å². The van der Waals surface area contributed by atoms with E-state index in [0.717, 1.165) is 8.68 Å². The van der Waals surface area contributed by atoms with Gasteiger partial charge in [-0.05, 0) is 26.1 Å². The van der Waals surface area contributed by atoms with Crippen molar-refractivity contribution in [3.05, 3.63) is 0 Å². The zero-order valence-corrected chi connectivity index (χ0v) is 12.1. The number of nitrogens with zero attached hydrogens (tertiary/aromatic N) is 2. The summed E-state index contributed by atoms with van der Waals surface area (Å²) in [6.07, 6.45) is 7.34. The molecule has 1 aromatic rings. The molecule has 2 atom stereocenters. The van der Waals surface area contributed by atoms with Gasteiger partial charge in [-0.15, -0.1) is 10.2 Å². The van der Waals surface area contributed by atoms with Crippen molar-refractivity contribution in [3.8, 4) is 0 Å². The summed E-state index contributed by atoms with van der Waals surface area (Å²) >= 11 is 5.29. The number of hydrogen-bond acceptors (Lipinski definition) is 6. The van der Waals surface area contributed by atoms with E-state index in [-0.39, 0.29) is 0 Å². The van der Waals surface area contributed by atoms with E-state index in [1.165, 1.54) is 25.7 Å². The molecule has 0 aromatic carbocycles. The highest BCUT2D eigenvalue weighted by atomic mass is 32.2. The largest absolute Gasteiger partial charge is 0.316 e. The Morgan fingerprint density at radius 1 is 1.25 bits per heavy atom. The van der Waals surface area contributed by atoms with Gasteiger partial charge >= 0.3 is 0 Å². The summed E-state index contributed by atoms with van der Waals surface area (Å²) in [7, 11) is 2.07. The molecule has 0 saturated heterocycles. The van der Waals surface area contributed by atoms with Gasteiger partial charge in [0, 0.05) is 11.3 Å². The fourth-order valence-corrected chi connectivity index (χ4v) is 5.06. The normalized spacial score (nSPS) is 25.9. The minimum atomic E-state index is 0.639. The van der Waals surface area contributed by atoms with E-state index in [9.17, 15) is 0 Å². The first-order valence-electron chi connectivity index (χ1n) is 5.55. The molecule has 1 aliphatic carbocycles. The highest BCUT2D eigenvalue weighted by Crippen LogP contribution is 2.36. The molecule has 1 aliphatic rings. The molecule has 1 fully saturated rings. The smallest absolute Gasteiger partial charge is 0.175 e. The molecule has 3 nitrogen and oxygen atoms in total. The van der Waals surface area contributed by atoms with Crippen LogP contribution in [0.3, 0.4) is 0 Å². The second-order valence-corrected chi connectivity index (χ2v) is 7.39. The van der Waals surface area contributed by atoms with Gasteiger partial charge in [-0.1, -0.05) is 47.7 Å². The zero-order chi connectivity index (χ0) is 11.4. The second-order valence-electron chi connectivity index (χ2n) is 3.87. The topological polar surface area (TPSA) is 37.8 Å². The minimum Gasteiger partial charge on any atom is -0.316 e. The van der Waals surface area contributed by atoms with Gasteiger partial charge in [0.2, 0.25) is 0 Å². The van der Waals surface area contributed by atoms with E-state index < -0.39 is 0 Å². The maximum absolute atomic E-state index is 4.23. The summed E-state index contributed by atoms with van der Waals surface area (Å²) < 4.78 is 2.19. The number of nitrogens with one attached hydrogen (secondary N) is 1. The molecule has 16 heavy (non-hydrogen) atoms. The van der Waals surface area contributed by atoms with Crippen molar-refractivity contribution in [2.24, 2.45) is 0 Å². The molecule has 6 heteroatoms. The molecule has 0 amide bonds. The molecular weight excluding hydrogens is 258 g/mol. The van der Waals surface area contributed by atoms with E-state index in [1.807, 2.05) is 18.0 Å². The van der Waals surface area contributed by atoms with Gasteiger partial charge in [-0.2, -0.15) is 0 Å². The standard InChI is InChI=1S/C10H17N3S3/c1-11-7-5-3-4-6-8(7)15-10-13-12-9(14-2)16-10/h7-8,11H,3-6H2,1-2H3. The van der Waals surface area contributed by atoms with E-state index in [2.05, 4.69) is 22.6 Å². The summed E-state index contributed by atoms with van der Waals surface area (Å²) in [6.45, 7) is 0. The summed E-state index contributed by atoms with van der Waals surface area (Å²) in [6, 6.07) is 0.639. The van der Waals surface area contributed by atoms with Gasteiger partial charge in [0.05, 0.1) is 0 Å². The Kier molecular flexibility index (Phi) is 4.94. The average Bonchev–Trinajstić information content (AvgIpc) is 2.77. The van der Waals surface area contributed by atoms with E-state index in [0.29, 0.717) is 11.3 Å². The third-order valence-electron chi connectivity index (χ3n) is 2.89. The van der Waals surface area contributed by atoms with E-state index >= 15 is 0 Å². The SMILES string of the molecule is CNC1CCCCC1Sc1nnc(SC)s1. The molecule has 1 N–H and O–H groups in total. The highest BCUT2D eigenvalue weighted by molar-refractivity contribution is 8.03. The predicted octanol–water partition coefficient (Wildman–Crippen LogP) is 2.88. The molecule has 1 heterocycles. The molecular formula is C10H17N3S3. The lowest BCUT2D eigenvalue weighted by atomic mass is 9.95. The van der Waals surface area contributed by atoms with Crippen LogP contribution < -0.4 is 5.32 Å². The summed E-state index contributed by atoms with van der Waals surface area (Å²) in [5.41, 5.74) is 0. The molecule has 2 rings (SSSR count). The van der Waals surface area contributed by atoms with Gasteiger partial charge in [0.25, 0.3) is 0 Å². The monoisotopic (exact) mass is 275 g/mol. The molecule has 1 aromatic heterocycles. The quantitative estimate of drug-likeness (QED) is 0.855. The Morgan fingerprint density at radius 3 is 2.69 bits per heavy atom. The average molecular weight is 275 g/mol. The van der Waals surface area contributed by atoms with Crippen molar-refractivity contribution in [2.75, 3.05) is 13.3 Å². The maximum Gasteiger partial charge on any atom is 0.175 e. The lowest BCUT2D eigenvalue weighted by Crippen LogP contribution is -2.38. The van der Waals surface area contributed by atoms with Crippen LogP contribution in [0.25, 0.3) is 0 Å². The Labute approximate surface area is 109 Å². The second kappa shape index (κ2) is 6.23. The summed E-state index contributed by atoms with van der Waals surface area (Å²) in [5.74, 6) is 0. The van der Waals surface area contributed by atoms with Crippen LogP contribution in [0.5, 0.6) is 0 Å². The molecule has 1 saturated carbocycles. The number of rotatable bonds is 4. The first-order chi connectivity index (χ1) is 7.83. The van der Waals surface area contributed by atoms with Crippen molar-refractivity contribution >= 4 is 34.9 Å². The Morgan fingerprint density at radius 2 is 2.00 bits per heavy atom. The summed E-state index contributed by atoms with van der Waals surface area (Å²) in [4.78, 5) is 0. The first-order valence-corrected chi connectivity index (χ1v) is 8.47. The maximum atomic E-state index is 4.23. The Hall–Kier alpha value is 0.220. The van der Waals surface area contributed by atoms with E-state index in [1.54, 1.807) is 23.1 Å². The summed E-state index contributed by atoms with van der Waals surface area (Å²) in [5, 5.41) is 12.5. The zero-order valence-electron chi connectivity index (χ0n) is 9.60. The number of hydrogen-bond donors (Lipinski definition) is 1. The molecule has 2 unspecified atom stereocenters. The molecule has 0 aliphatic heterocycles. The van der Waals surface area contributed by atoms with Crippen molar-refractivity contribution in [3.63, 3.8) is 0 Å². The van der Waals surface area contributed by atoms with Gasteiger partial charge in [0.15, 0.2) is 8.68 Å². The van der Waals surface area contributed by atoms with Crippen molar-refractivity contribution in [2.45, 2.75) is 45.7 Å². The molecule has 0 spiro atoms. The van der Waals surface area contributed by atoms with Crippen molar-refractivity contribution in [1.82, 2.24) is 15.5 Å². The van der Waals surface area contributed by atoms with Crippen molar-refractivity contribution in [1.29, 1.82) is 0 Å². The molecule has 90 valence electrons. The van der Waals surface area contributed by atoms with Crippen LogP contribution in [0.4, 0.5) is 0 Å². The predicted molar refractivity (Wildman–Crippen MR) is 72.7 cm³/mol. The lowest BCUT2D eigenvalue weighted by molar-refractivity contribution is 0.405. The van der Waals surface area contributed by atoms with Crippen molar-refractivity contribution < 1.29 is 0 Å². The van der Waals surface area contributed by atoms with Crippen LogP contribution >= 0.6 is 34.9 Å². The van der Waals surface area contributed by atoms with Crippen LogP contribution in [-0.4, -0.2) is 34.8 Å². The molecule has 0 bridgehead atoms. The van der Waals surface area contributed by atoms with Crippen LogP contribution in [0.2, 0.25) is 0 Å². The van der Waals surface area contributed by atoms with Crippen LogP contribution in [0, 0.1) is 0 Å². The minimum absolute atomic E-state index is 0.639. The van der Waals surface area contributed by atoms with Gasteiger partial charge in [-0.3, -0.25) is 0 Å². The van der Waals surface area contributed by atoms with Gasteiger partial charge in [-0.25, -0.2) is 0 Å². The van der Waals surface area contributed by atoms with Gasteiger partial charge in [0.1, 0.15) is 0 Å². The van der Waals surface area contributed by atoms with Crippen LogP contribution in [0.1, 0.15) is 25.7 Å². The first kappa shape index (κ1) is 12.7. The number of aromatic nitrogens is 2. The third kappa shape index (κ3) is 3.12. The lowest BCUT2D eigenvalue weighted by Gasteiger charge is -2.29. The Balaban J connectivity index is 1.96. The molecule has 0 radical (unpaired) electrons. The highest BCUT2D eigenvalue weighted by Gasteiger charge is 2.25. The Bertz CT molecular complexity index is 329. The van der Waals surface area contributed by atoms with Gasteiger partial charge < -0.3 is 5.32 Å². The number of thioether (sulfide) groups is 2. The third-order valence-corrected chi connectivity index (χ3v) is 6.27. The van der Waals surface area contributed by atoms with Crippen LogP contribution in [-0.2, 0) is 0 Å². The fraction of sp³-hybridized carbons (Fsp3) is 0.800. The van der Waals surface area contributed by atoms with E-state index in [4.69, 9.17) is 0 Å².